The van der Waals surface area contributed by atoms with Gasteiger partial charge >= 0.3 is 11.9 Å². The summed E-state index contributed by atoms with van der Waals surface area (Å²) in [5.74, 6) is -2.00. The standard InChI is InChI=1S/C24H26N2O7/c1-3-32-24(31)17-10-12-19(13-11-17)25-21(28)8-5-9-23(30)33-15-22(29)26-20-7-4-6-18(14-20)16(2)27/h4,6-7,10-14H,3,5,8-9,15H2,1-2H3,(H,25,28)(H,26,29). The van der Waals surface area contributed by atoms with Crippen LogP contribution < -0.4 is 10.6 Å². The maximum Gasteiger partial charge on any atom is 0.338 e. The van der Waals surface area contributed by atoms with E-state index in [9.17, 15) is 24.0 Å². The van der Waals surface area contributed by atoms with Gasteiger partial charge in [-0.2, -0.15) is 0 Å². The summed E-state index contributed by atoms with van der Waals surface area (Å²) in [4.78, 5) is 58.8. The third kappa shape index (κ3) is 8.94. The van der Waals surface area contributed by atoms with Crippen LogP contribution in [0.15, 0.2) is 48.5 Å². The smallest absolute Gasteiger partial charge is 0.338 e. The summed E-state index contributed by atoms with van der Waals surface area (Å²) in [7, 11) is 0. The molecule has 0 aliphatic heterocycles. The molecule has 0 unspecified atom stereocenters. The van der Waals surface area contributed by atoms with Gasteiger partial charge in [0.1, 0.15) is 0 Å². The quantitative estimate of drug-likeness (QED) is 0.394. The molecule has 174 valence electrons. The topological polar surface area (TPSA) is 128 Å². The summed E-state index contributed by atoms with van der Waals surface area (Å²) >= 11 is 0. The highest BCUT2D eigenvalue weighted by Crippen LogP contribution is 2.13. The lowest BCUT2D eigenvalue weighted by molar-refractivity contribution is -0.147. The van der Waals surface area contributed by atoms with Crippen LogP contribution in [0.4, 0.5) is 11.4 Å². The van der Waals surface area contributed by atoms with Crippen molar-refractivity contribution in [3.05, 3.63) is 59.7 Å². The molecule has 2 aromatic rings. The van der Waals surface area contributed by atoms with E-state index in [-0.39, 0.29) is 37.6 Å². The third-order valence-corrected chi connectivity index (χ3v) is 4.38. The predicted octanol–water partition coefficient (Wildman–Crippen LogP) is 3.36. The van der Waals surface area contributed by atoms with Crippen LogP contribution in [-0.2, 0) is 23.9 Å². The molecule has 0 aliphatic carbocycles. The van der Waals surface area contributed by atoms with Crippen molar-refractivity contribution in [2.24, 2.45) is 0 Å². The molecular weight excluding hydrogens is 428 g/mol. The number of benzene rings is 2. The first-order valence-electron chi connectivity index (χ1n) is 10.4. The van der Waals surface area contributed by atoms with Crippen molar-refractivity contribution in [2.45, 2.75) is 33.1 Å². The van der Waals surface area contributed by atoms with Crippen molar-refractivity contribution < 1.29 is 33.4 Å². The van der Waals surface area contributed by atoms with Crippen molar-refractivity contribution in [3.63, 3.8) is 0 Å². The minimum absolute atomic E-state index is 0.0255. The molecule has 0 bridgehead atoms. The number of hydrogen-bond acceptors (Lipinski definition) is 7. The highest BCUT2D eigenvalue weighted by molar-refractivity contribution is 5.97. The van der Waals surface area contributed by atoms with Crippen LogP contribution in [0, 0.1) is 0 Å². The Morgan fingerprint density at radius 1 is 0.788 bits per heavy atom. The molecule has 0 saturated carbocycles. The molecule has 2 aromatic carbocycles. The first-order valence-corrected chi connectivity index (χ1v) is 10.4. The van der Waals surface area contributed by atoms with E-state index in [2.05, 4.69) is 10.6 Å². The number of carbonyl (C=O) groups is 5. The van der Waals surface area contributed by atoms with Crippen LogP contribution in [0.2, 0.25) is 0 Å². The van der Waals surface area contributed by atoms with Crippen molar-refractivity contribution in [3.8, 4) is 0 Å². The van der Waals surface area contributed by atoms with Gasteiger partial charge in [0.05, 0.1) is 12.2 Å². The van der Waals surface area contributed by atoms with Crippen molar-refractivity contribution in [2.75, 3.05) is 23.8 Å². The summed E-state index contributed by atoms with van der Waals surface area (Å²) in [5.41, 5.74) is 1.78. The minimum Gasteiger partial charge on any atom is -0.462 e. The number of ketones is 1. The summed E-state index contributed by atoms with van der Waals surface area (Å²) in [6.45, 7) is 2.94. The van der Waals surface area contributed by atoms with Crippen molar-refractivity contribution >= 4 is 40.9 Å². The Labute approximate surface area is 191 Å². The molecule has 0 saturated heterocycles. The molecule has 9 heteroatoms. The van der Waals surface area contributed by atoms with Gasteiger partial charge in [0.25, 0.3) is 5.91 Å². The number of amides is 2. The average Bonchev–Trinajstić information content (AvgIpc) is 2.78. The van der Waals surface area contributed by atoms with E-state index in [0.29, 0.717) is 22.5 Å². The number of nitrogens with one attached hydrogen (secondary N) is 2. The average molecular weight is 454 g/mol. The molecule has 0 atom stereocenters. The largest absolute Gasteiger partial charge is 0.462 e. The van der Waals surface area contributed by atoms with Gasteiger partial charge in [-0.3, -0.25) is 19.2 Å². The zero-order valence-corrected chi connectivity index (χ0v) is 18.5. The molecule has 9 nitrogen and oxygen atoms in total. The first kappa shape index (κ1) is 25.3. The van der Waals surface area contributed by atoms with E-state index in [1.807, 2.05) is 0 Å². The Balaban J connectivity index is 1.66. The molecule has 0 heterocycles. The van der Waals surface area contributed by atoms with Crippen LogP contribution in [-0.4, -0.2) is 42.7 Å². The van der Waals surface area contributed by atoms with Gasteiger partial charge in [-0.05, 0) is 56.7 Å². The van der Waals surface area contributed by atoms with E-state index in [1.165, 1.54) is 13.0 Å². The molecule has 33 heavy (non-hydrogen) atoms. The number of ether oxygens (including phenoxy) is 2. The van der Waals surface area contributed by atoms with Gasteiger partial charge in [-0.1, -0.05) is 12.1 Å². The lowest BCUT2D eigenvalue weighted by Gasteiger charge is -2.08. The summed E-state index contributed by atoms with van der Waals surface area (Å²) < 4.78 is 9.81. The first-order chi connectivity index (χ1) is 15.8. The van der Waals surface area contributed by atoms with E-state index < -0.39 is 24.5 Å². The highest BCUT2D eigenvalue weighted by Gasteiger charge is 2.11. The normalized spacial score (nSPS) is 10.1. The molecule has 2 amide bonds. The molecule has 2 N–H and O–H groups in total. The Morgan fingerprint density at radius 2 is 1.48 bits per heavy atom. The second kappa shape index (κ2) is 12.7. The van der Waals surface area contributed by atoms with Gasteiger partial charge < -0.3 is 20.1 Å². The molecular formula is C24H26N2O7. The zero-order chi connectivity index (χ0) is 24.2. The SMILES string of the molecule is CCOC(=O)c1ccc(NC(=O)CCCC(=O)OCC(=O)Nc2cccc(C(C)=O)c2)cc1. The van der Waals surface area contributed by atoms with Gasteiger partial charge in [0, 0.05) is 29.8 Å². The summed E-state index contributed by atoms with van der Waals surface area (Å²) in [6, 6.07) is 12.7. The monoisotopic (exact) mass is 454 g/mol. The molecule has 0 aromatic heterocycles. The van der Waals surface area contributed by atoms with E-state index in [4.69, 9.17) is 9.47 Å². The van der Waals surface area contributed by atoms with Gasteiger partial charge in [0.2, 0.25) is 5.91 Å². The van der Waals surface area contributed by atoms with Crippen LogP contribution >= 0.6 is 0 Å². The van der Waals surface area contributed by atoms with Gasteiger partial charge in [-0.25, -0.2) is 4.79 Å². The molecule has 2 rings (SSSR count). The van der Waals surface area contributed by atoms with E-state index >= 15 is 0 Å². The van der Waals surface area contributed by atoms with E-state index in [1.54, 1.807) is 49.4 Å². The lowest BCUT2D eigenvalue weighted by atomic mass is 10.1. The predicted molar refractivity (Wildman–Crippen MR) is 121 cm³/mol. The Hall–Kier alpha value is -4.01. The third-order valence-electron chi connectivity index (χ3n) is 4.38. The summed E-state index contributed by atoms with van der Waals surface area (Å²) in [5, 5.41) is 5.22. The Bertz CT molecular complexity index is 1020. The molecule has 0 radical (unpaired) electrons. The van der Waals surface area contributed by atoms with Crippen molar-refractivity contribution in [1.82, 2.24) is 0 Å². The fraction of sp³-hybridized carbons (Fsp3) is 0.292. The van der Waals surface area contributed by atoms with Gasteiger partial charge in [-0.15, -0.1) is 0 Å². The number of carbonyl (C=O) groups excluding carboxylic acids is 5. The van der Waals surface area contributed by atoms with Crippen LogP contribution in [0.5, 0.6) is 0 Å². The molecule has 0 spiro atoms. The van der Waals surface area contributed by atoms with Crippen LogP contribution in [0.3, 0.4) is 0 Å². The summed E-state index contributed by atoms with van der Waals surface area (Å²) in [6.07, 6.45) is 0.301. The molecule has 0 aliphatic rings. The van der Waals surface area contributed by atoms with Crippen LogP contribution in [0.25, 0.3) is 0 Å². The Morgan fingerprint density at radius 3 is 2.15 bits per heavy atom. The number of Topliss-reactive ketones (excluding diaryl/α,β-unsaturated/α-hetero) is 1. The number of hydrogen-bond donors (Lipinski definition) is 2. The number of esters is 2. The highest BCUT2D eigenvalue weighted by atomic mass is 16.5. The van der Waals surface area contributed by atoms with Gasteiger partial charge in [0.15, 0.2) is 12.4 Å². The zero-order valence-electron chi connectivity index (χ0n) is 18.5. The number of rotatable bonds is 11. The lowest BCUT2D eigenvalue weighted by Crippen LogP contribution is -2.21. The fourth-order valence-corrected chi connectivity index (χ4v) is 2.75. The second-order valence-corrected chi connectivity index (χ2v) is 7.05. The van der Waals surface area contributed by atoms with Crippen LogP contribution in [0.1, 0.15) is 53.8 Å². The maximum atomic E-state index is 12.0. The molecule has 0 fully saturated rings. The maximum absolute atomic E-state index is 12.0. The Kier molecular flexibility index (Phi) is 9.76. The minimum atomic E-state index is -0.603. The van der Waals surface area contributed by atoms with E-state index in [0.717, 1.165) is 0 Å². The van der Waals surface area contributed by atoms with Crippen molar-refractivity contribution in [1.29, 1.82) is 0 Å². The number of anilines is 2. The second-order valence-electron chi connectivity index (χ2n) is 7.05. The fourth-order valence-electron chi connectivity index (χ4n) is 2.75.